The van der Waals surface area contributed by atoms with Crippen LogP contribution < -0.4 is 5.32 Å². The van der Waals surface area contributed by atoms with Crippen molar-refractivity contribution in [2.75, 3.05) is 5.32 Å². The van der Waals surface area contributed by atoms with E-state index in [-0.39, 0.29) is 5.82 Å². The fraction of sp³-hybridized carbons (Fsp3) is 0.200. The molecule has 3 aromatic heterocycles. The van der Waals surface area contributed by atoms with E-state index in [1.165, 1.54) is 16.8 Å². The summed E-state index contributed by atoms with van der Waals surface area (Å²) in [6, 6.07) is 2.88. The molecule has 8 heteroatoms. The highest BCUT2D eigenvalue weighted by Gasteiger charge is 2.06. The summed E-state index contributed by atoms with van der Waals surface area (Å²) in [5.74, 6) is 1.02. The lowest BCUT2D eigenvalue weighted by molar-refractivity contribution is 0.388. The molecule has 0 aliphatic rings. The number of aryl methyl sites for hydroxylation is 1. The van der Waals surface area contributed by atoms with Crippen molar-refractivity contribution < 1.29 is 8.91 Å². The summed E-state index contributed by atoms with van der Waals surface area (Å²) < 4.78 is 19.1. The molecule has 0 bridgehead atoms. The van der Waals surface area contributed by atoms with Gasteiger partial charge < -0.3 is 9.84 Å². The Balaban J connectivity index is 1.78. The highest BCUT2D eigenvalue weighted by atomic mass is 19.1. The van der Waals surface area contributed by atoms with Crippen molar-refractivity contribution in [1.82, 2.24) is 24.7 Å². The molecule has 0 spiro atoms. The third-order valence-electron chi connectivity index (χ3n) is 2.27. The number of fused-ring (bicyclic) bond motifs is 1. The van der Waals surface area contributed by atoms with Gasteiger partial charge in [-0.2, -0.15) is 9.97 Å². The zero-order valence-corrected chi connectivity index (χ0v) is 9.46. The molecule has 0 radical (unpaired) electrons. The SMILES string of the molecule is Cc1nc(CNc2nc3ccc(F)cn3n2)no1. The quantitative estimate of drug-likeness (QED) is 0.749. The Bertz CT molecular complexity index is 691. The topological polar surface area (TPSA) is 81.1 Å². The van der Waals surface area contributed by atoms with E-state index >= 15 is 0 Å². The van der Waals surface area contributed by atoms with E-state index < -0.39 is 0 Å². The lowest BCUT2D eigenvalue weighted by Gasteiger charge is -1.94. The Morgan fingerprint density at radius 3 is 3.06 bits per heavy atom. The van der Waals surface area contributed by atoms with Crippen LogP contribution in [-0.2, 0) is 6.54 Å². The number of pyridine rings is 1. The molecule has 0 fully saturated rings. The molecule has 0 atom stereocenters. The molecule has 0 unspecified atom stereocenters. The van der Waals surface area contributed by atoms with Gasteiger partial charge in [0.1, 0.15) is 5.82 Å². The molecule has 1 N–H and O–H groups in total. The highest BCUT2D eigenvalue weighted by Crippen LogP contribution is 2.07. The number of nitrogens with one attached hydrogen (secondary N) is 1. The first-order chi connectivity index (χ1) is 8.70. The van der Waals surface area contributed by atoms with Crippen LogP contribution >= 0.6 is 0 Å². The van der Waals surface area contributed by atoms with Gasteiger partial charge >= 0.3 is 0 Å². The van der Waals surface area contributed by atoms with Crippen LogP contribution in [-0.4, -0.2) is 24.7 Å². The van der Waals surface area contributed by atoms with Gasteiger partial charge in [-0.25, -0.2) is 8.91 Å². The number of hydrogen-bond acceptors (Lipinski definition) is 6. The van der Waals surface area contributed by atoms with Gasteiger partial charge in [-0.3, -0.25) is 0 Å². The molecule has 0 aliphatic carbocycles. The predicted molar refractivity (Wildman–Crippen MR) is 59.3 cm³/mol. The van der Waals surface area contributed by atoms with Crippen LogP contribution in [0.15, 0.2) is 22.9 Å². The minimum absolute atomic E-state index is 0.344. The van der Waals surface area contributed by atoms with Crippen molar-refractivity contribution in [3.63, 3.8) is 0 Å². The van der Waals surface area contributed by atoms with Gasteiger partial charge in [0, 0.05) is 6.92 Å². The average Bonchev–Trinajstić information content (AvgIpc) is 2.92. The Kier molecular flexibility index (Phi) is 2.40. The van der Waals surface area contributed by atoms with Gasteiger partial charge in [-0.15, -0.1) is 5.10 Å². The van der Waals surface area contributed by atoms with Gasteiger partial charge in [-0.05, 0) is 12.1 Å². The first kappa shape index (κ1) is 10.6. The molecule has 92 valence electrons. The lowest BCUT2D eigenvalue weighted by Crippen LogP contribution is -2.02. The number of nitrogens with zero attached hydrogens (tertiary/aromatic N) is 5. The molecule has 18 heavy (non-hydrogen) atoms. The van der Waals surface area contributed by atoms with Crippen LogP contribution in [0.5, 0.6) is 0 Å². The van der Waals surface area contributed by atoms with Gasteiger partial charge in [0.25, 0.3) is 0 Å². The van der Waals surface area contributed by atoms with Gasteiger partial charge in [0.15, 0.2) is 11.5 Å². The molecule has 0 aromatic carbocycles. The van der Waals surface area contributed by atoms with E-state index in [4.69, 9.17) is 4.52 Å². The van der Waals surface area contributed by atoms with Gasteiger partial charge in [-0.1, -0.05) is 5.16 Å². The number of anilines is 1. The maximum atomic E-state index is 13.0. The van der Waals surface area contributed by atoms with Crippen LogP contribution in [0.1, 0.15) is 11.7 Å². The molecular weight excluding hydrogens is 239 g/mol. The van der Waals surface area contributed by atoms with E-state index in [0.29, 0.717) is 29.9 Å². The number of halogens is 1. The minimum Gasteiger partial charge on any atom is -0.345 e. The maximum Gasteiger partial charge on any atom is 0.243 e. The van der Waals surface area contributed by atoms with Crippen LogP contribution in [0.25, 0.3) is 5.65 Å². The Morgan fingerprint density at radius 2 is 2.28 bits per heavy atom. The first-order valence-corrected chi connectivity index (χ1v) is 5.26. The van der Waals surface area contributed by atoms with E-state index in [1.807, 2.05) is 0 Å². The Hall–Kier alpha value is -2.51. The summed E-state index contributed by atoms with van der Waals surface area (Å²) in [6.45, 7) is 2.05. The largest absolute Gasteiger partial charge is 0.345 e. The molecule has 0 saturated carbocycles. The molecule has 3 rings (SSSR count). The third-order valence-corrected chi connectivity index (χ3v) is 2.27. The number of hydrogen-bond donors (Lipinski definition) is 1. The normalized spacial score (nSPS) is 11.0. The smallest absolute Gasteiger partial charge is 0.243 e. The summed E-state index contributed by atoms with van der Waals surface area (Å²) in [5, 5.41) is 10.7. The first-order valence-electron chi connectivity index (χ1n) is 5.26. The van der Waals surface area contributed by atoms with Crippen LogP contribution in [0.3, 0.4) is 0 Å². The fourth-order valence-corrected chi connectivity index (χ4v) is 1.50. The summed E-state index contributed by atoms with van der Waals surface area (Å²) in [6.07, 6.45) is 1.26. The molecule has 0 saturated heterocycles. The van der Waals surface area contributed by atoms with Gasteiger partial charge in [0.2, 0.25) is 11.8 Å². The van der Waals surface area contributed by atoms with Crippen molar-refractivity contribution in [3.05, 3.63) is 35.9 Å². The van der Waals surface area contributed by atoms with Crippen molar-refractivity contribution in [1.29, 1.82) is 0 Å². The zero-order chi connectivity index (χ0) is 12.5. The summed E-state index contributed by atoms with van der Waals surface area (Å²) in [5.41, 5.74) is 0.559. The predicted octanol–water partition coefficient (Wildman–Crippen LogP) is 1.17. The Labute approximate surface area is 101 Å². The van der Waals surface area contributed by atoms with Crippen molar-refractivity contribution in [3.8, 4) is 0 Å². The van der Waals surface area contributed by atoms with Crippen molar-refractivity contribution >= 4 is 11.6 Å². The van der Waals surface area contributed by atoms with Crippen LogP contribution in [0.4, 0.5) is 10.3 Å². The van der Waals surface area contributed by atoms with Crippen molar-refractivity contribution in [2.24, 2.45) is 0 Å². The molecule has 0 amide bonds. The average molecular weight is 248 g/mol. The molecule has 0 aliphatic heterocycles. The molecule has 3 aromatic rings. The van der Waals surface area contributed by atoms with E-state index in [2.05, 4.69) is 25.5 Å². The zero-order valence-electron chi connectivity index (χ0n) is 9.46. The van der Waals surface area contributed by atoms with Crippen LogP contribution in [0.2, 0.25) is 0 Å². The minimum atomic E-state index is -0.368. The number of aromatic nitrogens is 5. The molecular formula is C10H9FN6O. The maximum absolute atomic E-state index is 13.0. The second-order valence-corrected chi connectivity index (χ2v) is 3.67. The summed E-state index contributed by atoms with van der Waals surface area (Å²) in [4.78, 5) is 8.19. The fourth-order valence-electron chi connectivity index (χ4n) is 1.50. The second kappa shape index (κ2) is 4.06. The van der Waals surface area contributed by atoms with Crippen LogP contribution in [0, 0.1) is 12.7 Å². The van der Waals surface area contributed by atoms with E-state index in [0.717, 1.165) is 0 Å². The van der Waals surface area contributed by atoms with Gasteiger partial charge in [0.05, 0.1) is 12.7 Å². The lowest BCUT2D eigenvalue weighted by atomic mass is 10.5. The van der Waals surface area contributed by atoms with E-state index in [9.17, 15) is 4.39 Å². The second-order valence-electron chi connectivity index (χ2n) is 3.67. The standard InChI is InChI=1S/C10H9FN6O/c1-6-13-8(16-18-6)4-12-10-14-9-3-2-7(11)5-17(9)15-10/h2-3,5H,4H2,1H3,(H,12,15). The van der Waals surface area contributed by atoms with Crippen molar-refractivity contribution in [2.45, 2.75) is 13.5 Å². The monoisotopic (exact) mass is 248 g/mol. The highest BCUT2D eigenvalue weighted by molar-refractivity contribution is 5.42. The Morgan fingerprint density at radius 1 is 1.39 bits per heavy atom. The molecule has 3 heterocycles. The summed E-state index contributed by atoms with van der Waals surface area (Å²) in [7, 11) is 0. The molecule has 7 nitrogen and oxygen atoms in total. The third kappa shape index (κ3) is 1.99. The summed E-state index contributed by atoms with van der Waals surface area (Å²) >= 11 is 0. The van der Waals surface area contributed by atoms with E-state index in [1.54, 1.807) is 13.0 Å². The number of rotatable bonds is 3.